The van der Waals surface area contributed by atoms with Crippen molar-refractivity contribution in [2.75, 3.05) is 38.4 Å². The van der Waals surface area contributed by atoms with E-state index in [-0.39, 0.29) is 6.10 Å². The molecule has 4 heteroatoms. The highest BCUT2D eigenvalue weighted by atomic mass is 32.2. The van der Waals surface area contributed by atoms with Gasteiger partial charge in [0, 0.05) is 31.8 Å². The number of rotatable bonds is 8. The maximum absolute atomic E-state index is 5.50. The molecule has 2 N–H and O–H groups in total. The molecule has 0 bridgehead atoms. The van der Waals surface area contributed by atoms with Gasteiger partial charge in [-0.2, -0.15) is 11.8 Å². The second-order valence-corrected chi connectivity index (χ2v) is 3.53. The smallest absolute Gasteiger partial charge is 0.0787 e. The van der Waals surface area contributed by atoms with Crippen LogP contribution in [0.3, 0.4) is 0 Å². The Labute approximate surface area is 79.0 Å². The van der Waals surface area contributed by atoms with E-state index in [2.05, 4.69) is 0 Å². The zero-order valence-corrected chi connectivity index (χ0v) is 8.73. The standard InChI is InChI=1S/C8H19NO2S/c1-3-11-8(6-9)7-12-5-4-10-2/h8H,3-7,9H2,1-2H3. The highest BCUT2D eigenvalue weighted by Gasteiger charge is 2.04. The maximum Gasteiger partial charge on any atom is 0.0787 e. The maximum atomic E-state index is 5.50. The van der Waals surface area contributed by atoms with Crippen LogP contribution >= 0.6 is 11.8 Å². The minimum Gasteiger partial charge on any atom is -0.384 e. The summed E-state index contributed by atoms with van der Waals surface area (Å²) in [5, 5.41) is 0. The molecule has 74 valence electrons. The number of thioether (sulfide) groups is 1. The third kappa shape index (κ3) is 6.91. The summed E-state index contributed by atoms with van der Waals surface area (Å²) in [6.07, 6.45) is 0.205. The summed E-state index contributed by atoms with van der Waals surface area (Å²) < 4.78 is 10.3. The van der Waals surface area contributed by atoms with Gasteiger partial charge in [0.15, 0.2) is 0 Å². The van der Waals surface area contributed by atoms with E-state index < -0.39 is 0 Å². The van der Waals surface area contributed by atoms with Crippen LogP contribution in [0.1, 0.15) is 6.92 Å². The van der Waals surface area contributed by atoms with Gasteiger partial charge in [0.05, 0.1) is 12.7 Å². The number of ether oxygens (including phenoxy) is 2. The molecule has 1 unspecified atom stereocenters. The fourth-order valence-corrected chi connectivity index (χ4v) is 1.72. The molecular formula is C8H19NO2S. The lowest BCUT2D eigenvalue weighted by atomic mass is 10.4. The van der Waals surface area contributed by atoms with Gasteiger partial charge in [0.25, 0.3) is 0 Å². The Balaban J connectivity index is 3.19. The molecule has 0 saturated heterocycles. The van der Waals surface area contributed by atoms with Crippen molar-refractivity contribution in [3.63, 3.8) is 0 Å². The summed E-state index contributed by atoms with van der Waals surface area (Å²) in [7, 11) is 1.71. The number of methoxy groups -OCH3 is 1. The van der Waals surface area contributed by atoms with Crippen molar-refractivity contribution in [3.05, 3.63) is 0 Å². The van der Waals surface area contributed by atoms with E-state index >= 15 is 0 Å². The highest BCUT2D eigenvalue weighted by molar-refractivity contribution is 7.99. The Morgan fingerprint density at radius 2 is 2.25 bits per heavy atom. The van der Waals surface area contributed by atoms with Gasteiger partial charge in [0.1, 0.15) is 0 Å². The molecule has 0 aromatic rings. The molecule has 0 amide bonds. The lowest BCUT2D eigenvalue weighted by Gasteiger charge is -2.13. The van der Waals surface area contributed by atoms with Gasteiger partial charge >= 0.3 is 0 Å². The first kappa shape index (κ1) is 12.2. The van der Waals surface area contributed by atoms with Crippen molar-refractivity contribution in [3.8, 4) is 0 Å². The quantitative estimate of drug-likeness (QED) is 0.577. The van der Waals surface area contributed by atoms with E-state index in [0.717, 1.165) is 24.7 Å². The van der Waals surface area contributed by atoms with Crippen molar-refractivity contribution in [2.24, 2.45) is 5.73 Å². The summed E-state index contributed by atoms with van der Waals surface area (Å²) in [5.41, 5.74) is 5.50. The minimum absolute atomic E-state index is 0.205. The van der Waals surface area contributed by atoms with Gasteiger partial charge in [0.2, 0.25) is 0 Å². The molecule has 3 nitrogen and oxygen atoms in total. The molecule has 0 fully saturated rings. The van der Waals surface area contributed by atoms with E-state index in [9.17, 15) is 0 Å². The van der Waals surface area contributed by atoms with Crippen LogP contribution in [-0.4, -0.2) is 44.5 Å². The molecule has 0 aromatic heterocycles. The first-order chi connectivity index (χ1) is 5.85. The van der Waals surface area contributed by atoms with E-state index in [4.69, 9.17) is 15.2 Å². The predicted molar refractivity (Wildman–Crippen MR) is 53.7 cm³/mol. The summed E-state index contributed by atoms with van der Waals surface area (Å²) in [4.78, 5) is 0. The average molecular weight is 193 g/mol. The molecule has 0 aromatic carbocycles. The summed E-state index contributed by atoms with van der Waals surface area (Å²) >= 11 is 1.82. The van der Waals surface area contributed by atoms with Gasteiger partial charge in [-0.25, -0.2) is 0 Å². The number of hydrogen-bond donors (Lipinski definition) is 1. The Morgan fingerprint density at radius 1 is 1.50 bits per heavy atom. The number of nitrogens with two attached hydrogens (primary N) is 1. The molecule has 0 heterocycles. The van der Waals surface area contributed by atoms with Crippen LogP contribution < -0.4 is 5.73 Å². The van der Waals surface area contributed by atoms with Gasteiger partial charge in [-0.1, -0.05) is 0 Å². The summed E-state index contributed by atoms with van der Waals surface area (Å²) in [6.45, 7) is 4.14. The van der Waals surface area contributed by atoms with Crippen molar-refractivity contribution in [2.45, 2.75) is 13.0 Å². The first-order valence-corrected chi connectivity index (χ1v) is 5.39. The first-order valence-electron chi connectivity index (χ1n) is 4.23. The SMILES string of the molecule is CCOC(CN)CSCCOC. The molecule has 0 radical (unpaired) electrons. The van der Waals surface area contributed by atoms with Crippen LogP contribution in [0.15, 0.2) is 0 Å². The molecule has 12 heavy (non-hydrogen) atoms. The Hall–Kier alpha value is 0.230. The topological polar surface area (TPSA) is 44.5 Å². The van der Waals surface area contributed by atoms with E-state index in [1.165, 1.54) is 0 Å². The minimum atomic E-state index is 0.205. The zero-order valence-electron chi connectivity index (χ0n) is 7.91. The summed E-state index contributed by atoms with van der Waals surface area (Å²) in [6, 6.07) is 0. The van der Waals surface area contributed by atoms with E-state index in [1.807, 2.05) is 18.7 Å². The van der Waals surface area contributed by atoms with Crippen molar-refractivity contribution in [1.29, 1.82) is 0 Å². The normalized spacial score (nSPS) is 13.2. The second kappa shape index (κ2) is 9.32. The predicted octanol–water partition coefficient (Wildman–Crippen LogP) is 0.730. The third-order valence-corrected chi connectivity index (χ3v) is 2.46. The lowest BCUT2D eigenvalue weighted by molar-refractivity contribution is 0.0858. The lowest BCUT2D eigenvalue weighted by Crippen LogP contribution is -2.26. The third-order valence-electron chi connectivity index (χ3n) is 1.40. The number of hydrogen-bond acceptors (Lipinski definition) is 4. The second-order valence-electron chi connectivity index (χ2n) is 2.38. The fraction of sp³-hybridized carbons (Fsp3) is 1.00. The largest absolute Gasteiger partial charge is 0.384 e. The van der Waals surface area contributed by atoms with E-state index in [0.29, 0.717) is 6.54 Å². The molecule has 0 aliphatic rings. The fourth-order valence-electron chi connectivity index (χ4n) is 0.777. The molecule has 0 spiro atoms. The molecule has 1 atom stereocenters. The molecular weight excluding hydrogens is 174 g/mol. The van der Waals surface area contributed by atoms with Gasteiger partial charge in [-0.05, 0) is 6.92 Å². The monoisotopic (exact) mass is 193 g/mol. The molecule has 0 aliphatic carbocycles. The van der Waals surface area contributed by atoms with Gasteiger partial charge in [-0.15, -0.1) is 0 Å². The Morgan fingerprint density at radius 3 is 2.75 bits per heavy atom. The van der Waals surface area contributed by atoms with Crippen LogP contribution in [0.4, 0.5) is 0 Å². The Kier molecular flexibility index (Phi) is 9.50. The van der Waals surface area contributed by atoms with Crippen LogP contribution in [0, 0.1) is 0 Å². The van der Waals surface area contributed by atoms with Crippen LogP contribution in [0.5, 0.6) is 0 Å². The summed E-state index contributed by atoms with van der Waals surface area (Å²) in [5.74, 6) is 1.98. The molecule has 0 saturated carbocycles. The molecule has 0 aliphatic heterocycles. The van der Waals surface area contributed by atoms with E-state index in [1.54, 1.807) is 7.11 Å². The highest BCUT2D eigenvalue weighted by Crippen LogP contribution is 2.04. The van der Waals surface area contributed by atoms with Gasteiger partial charge < -0.3 is 15.2 Å². The average Bonchev–Trinajstić information content (AvgIpc) is 2.10. The van der Waals surface area contributed by atoms with Crippen molar-refractivity contribution in [1.82, 2.24) is 0 Å². The molecule has 0 rings (SSSR count). The zero-order chi connectivity index (χ0) is 9.23. The Bertz CT molecular complexity index is 93.1. The van der Waals surface area contributed by atoms with Crippen molar-refractivity contribution >= 4 is 11.8 Å². The van der Waals surface area contributed by atoms with Crippen LogP contribution in [-0.2, 0) is 9.47 Å². The van der Waals surface area contributed by atoms with Gasteiger partial charge in [-0.3, -0.25) is 0 Å². The van der Waals surface area contributed by atoms with Crippen LogP contribution in [0.2, 0.25) is 0 Å². The van der Waals surface area contributed by atoms with Crippen LogP contribution in [0.25, 0.3) is 0 Å². The van der Waals surface area contributed by atoms with Crippen molar-refractivity contribution < 1.29 is 9.47 Å².